The van der Waals surface area contributed by atoms with E-state index in [0.717, 1.165) is 17.4 Å². The number of rotatable bonds is 6. The number of hydrogen-bond acceptors (Lipinski definition) is 4. The summed E-state index contributed by atoms with van der Waals surface area (Å²) >= 11 is 0. The van der Waals surface area contributed by atoms with E-state index in [9.17, 15) is 17.6 Å². The number of benzene rings is 3. The normalized spacial score (nSPS) is 16.1. The highest BCUT2D eigenvalue weighted by Crippen LogP contribution is 2.33. The van der Waals surface area contributed by atoms with Crippen LogP contribution < -0.4 is 5.32 Å². The van der Waals surface area contributed by atoms with Crippen LogP contribution in [0.1, 0.15) is 34.0 Å². The van der Waals surface area contributed by atoms with E-state index in [1.165, 1.54) is 40.4 Å². The van der Waals surface area contributed by atoms with Crippen molar-refractivity contribution in [3.8, 4) is 0 Å². The Labute approximate surface area is 197 Å². The maximum atomic E-state index is 13.7. The molecule has 0 saturated carbocycles. The zero-order valence-electron chi connectivity index (χ0n) is 18.3. The van der Waals surface area contributed by atoms with Crippen molar-refractivity contribution in [1.29, 1.82) is 0 Å². The van der Waals surface area contributed by atoms with Gasteiger partial charge in [0.1, 0.15) is 5.82 Å². The van der Waals surface area contributed by atoms with E-state index in [-0.39, 0.29) is 29.1 Å². The van der Waals surface area contributed by atoms with Gasteiger partial charge in [0.05, 0.1) is 17.0 Å². The Balaban J connectivity index is 1.42. The second kappa shape index (κ2) is 9.04. The highest BCUT2D eigenvalue weighted by atomic mass is 32.2. The molecule has 1 aliphatic rings. The molecule has 1 atom stereocenters. The van der Waals surface area contributed by atoms with Gasteiger partial charge in [0.2, 0.25) is 0 Å². The van der Waals surface area contributed by atoms with Crippen LogP contribution in [0.2, 0.25) is 0 Å². The van der Waals surface area contributed by atoms with Crippen LogP contribution in [0.15, 0.2) is 83.8 Å². The van der Waals surface area contributed by atoms with Crippen molar-refractivity contribution >= 4 is 26.8 Å². The fourth-order valence-electron chi connectivity index (χ4n) is 4.24. The van der Waals surface area contributed by atoms with E-state index in [1.54, 1.807) is 18.2 Å². The third-order valence-corrected chi connectivity index (χ3v) is 7.82. The number of nitrogens with one attached hydrogen (secondary N) is 1. The summed E-state index contributed by atoms with van der Waals surface area (Å²) in [6, 6.07) is 21.1. The third-order valence-electron chi connectivity index (χ3n) is 6.06. The molecule has 1 aromatic heterocycles. The summed E-state index contributed by atoms with van der Waals surface area (Å²) in [5.74, 6) is -0.687. The molecule has 1 N–H and O–H groups in total. The topological polar surface area (TPSA) is 77.4 Å². The van der Waals surface area contributed by atoms with Gasteiger partial charge < -0.3 is 10.1 Å². The molecule has 0 aliphatic carbocycles. The highest BCUT2D eigenvalue weighted by Gasteiger charge is 2.29. The first-order valence-electron chi connectivity index (χ1n) is 11.0. The Bertz CT molecular complexity index is 1440. The molecular weight excluding hydrogens is 455 g/mol. The predicted octanol–water partition coefficient (Wildman–Crippen LogP) is 4.45. The number of ether oxygens (including phenoxy) is 1. The number of aromatic nitrogens is 1. The minimum atomic E-state index is -3.90. The van der Waals surface area contributed by atoms with Gasteiger partial charge in [0.15, 0.2) is 0 Å². The molecule has 1 aliphatic heterocycles. The smallest absolute Gasteiger partial charge is 0.268 e. The van der Waals surface area contributed by atoms with Crippen molar-refractivity contribution < 1.29 is 22.3 Å². The molecule has 1 fully saturated rings. The van der Waals surface area contributed by atoms with Gasteiger partial charge in [0, 0.05) is 35.7 Å². The van der Waals surface area contributed by atoms with E-state index < -0.39 is 10.0 Å². The largest absolute Gasteiger partial charge is 0.381 e. The Hall–Kier alpha value is -3.49. The Morgan fingerprint density at radius 2 is 1.76 bits per heavy atom. The average molecular weight is 479 g/mol. The van der Waals surface area contributed by atoms with Crippen LogP contribution in [0, 0.1) is 5.82 Å². The van der Waals surface area contributed by atoms with Crippen LogP contribution in [0.3, 0.4) is 0 Å². The number of halogens is 1. The molecule has 1 amide bonds. The van der Waals surface area contributed by atoms with Crippen LogP contribution >= 0.6 is 0 Å². The van der Waals surface area contributed by atoms with Crippen LogP contribution in [0.5, 0.6) is 0 Å². The molecule has 8 heteroatoms. The second-order valence-corrected chi connectivity index (χ2v) is 10.1. The maximum absolute atomic E-state index is 13.7. The summed E-state index contributed by atoms with van der Waals surface area (Å²) in [5, 5.41) is 3.61. The van der Waals surface area contributed by atoms with E-state index >= 15 is 0 Å². The molecule has 1 unspecified atom stereocenters. The number of nitrogens with zero attached hydrogens (tertiary/aromatic N) is 1. The minimum Gasteiger partial charge on any atom is -0.381 e. The maximum Gasteiger partial charge on any atom is 0.268 e. The number of carbonyl (C=O) groups excluding carboxylic acids is 1. The molecule has 34 heavy (non-hydrogen) atoms. The molecule has 0 bridgehead atoms. The molecule has 0 spiro atoms. The lowest BCUT2D eigenvalue weighted by atomic mass is 10.1. The first-order chi connectivity index (χ1) is 16.4. The van der Waals surface area contributed by atoms with Crippen molar-refractivity contribution in [2.24, 2.45) is 0 Å². The van der Waals surface area contributed by atoms with Crippen molar-refractivity contribution in [2.75, 3.05) is 13.2 Å². The highest BCUT2D eigenvalue weighted by molar-refractivity contribution is 7.90. The summed E-state index contributed by atoms with van der Waals surface area (Å²) in [5.41, 5.74) is 2.42. The van der Waals surface area contributed by atoms with Gasteiger partial charge in [0.25, 0.3) is 15.9 Å². The predicted molar refractivity (Wildman–Crippen MR) is 127 cm³/mol. The molecule has 3 aromatic carbocycles. The molecule has 174 valence electrons. The molecule has 4 aromatic rings. The third kappa shape index (κ3) is 4.22. The molecule has 2 heterocycles. The summed E-state index contributed by atoms with van der Waals surface area (Å²) < 4.78 is 47.4. The Morgan fingerprint density at radius 1 is 1.03 bits per heavy atom. The van der Waals surface area contributed by atoms with E-state index in [2.05, 4.69) is 5.32 Å². The first kappa shape index (κ1) is 22.3. The molecule has 6 nitrogen and oxygen atoms in total. The monoisotopic (exact) mass is 478 g/mol. The Morgan fingerprint density at radius 3 is 2.47 bits per heavy atom. The van der Waals surface area contributed by atoms with E-state index in [0.29, 0.717) is 30.0 Å². The standard InChI is InChI=1S/C26H23FN2O4S/c27-22-9-5-18(6-10-22)16-28-26(30)19-7-11-23(12-8-19)34(31,32)29-24-4-2-1-3-20(24)15-25(29)21-13-14-33-17-21/h1-12,15,21H,13-14,16-17H2,(H,28,30). The van der Waals surface area contributed by atoms with Gasteiger partial charge in [-0.25, -0.2) is 16.8 Å². The number of fused-ring (bicyclic) bond motifs is 1. The van der Waals surface area contributed by atoms with Crippen LogP contribution in [-0.2, 0) is 21.3 Å². The number of para-hydroxylation sites is 1. The number of amides is 1. The van der Waals surface area contributed by atoms with Gasteiger partial charge in [-0.1, -0.05) is 30.3 Å². The molecule has 5 rings (SSSR count). The van der Waals surface area contributed by atoms with Gasteiger partial charge in [-0.05, 0) is 60.5 Å². The average Bonchev–Trinajstić information content (AvgIpc) is 3.52. The zero-order valence-corrected chi connectivity index (χ0v) is 19.1. The van der Waals surface area contributed by atoms with Crippen molar-refractivity contribution in [1.82, 2.24) is 9.29 Å². The summed E-state index contributed by atoms with van der Waals surface area (Å²) in [4.78, 5) is 12.6. The molecule has 0 radical (unpaired) electrons. The molecule has 1 saturated heterocycles. The number of carbonyl (C=O) groups is 1. The second-order valence-electron chi connectivity index (χ2n) is 8.29. The summed E-state index contributed by atoms with van der Waals surface area (Å²) in [6.45, 7) is 1.33. The lowest BCUT2D eigenvalue weighted by molar-refractivity contribution is 0.0951. The SMILES string of the molecule is O=C(NCc1ccc(F)cc1)c1ccc(S(=O)(=O)n2c(C3CCOC3)cc3ccccc32)cc1. The van der Waals surface area contributed by atoms with E-state index in [1.807, 2.05) is 24.3 Å². The van der Waals surface area contributed by atoms with Crippen LogP contribution in [0.4, 0.5) is 4.39 Å². The van der Waals surface area contributed by atoms with Crippen molar-refractivity contribution in [3.05, 3.63) is 102 Å². The van der Waals surface area contributed by atoms with Crippen LogP contribution in [-0.4, -0.2) is 31.5 Å². The van der Waals surface area contributed by atoms with Gasteiger partial charge in [-0.3, -0.25) is 4.79 Å². The Kier molecular flexibility index (Phi) is 5.93. The quantitative estimate of drug-likeness (QED) is 0.444. The van der Waals surface area contributed by atoms with Crippen LogP contribution in [0.25, 0.3) is 10.9 Å². The lowest BCUT2D eigenvalue weighted by Gasteiger charge is -2.15. The zero-order chi connectivity index (χ0) is 23.7. The van der Waals surface area contributed by atoms with Gasteiger partial charge in [-0.15, -0.1) is 0 Å². The first-order valence-corrected chi connectivity index (χ1v) is 12.4. The summed E-state index contributed by atoms with van der Waals surface area (Å²) in [6.07, 6.45) is 0.763. The van der Waals surface area contributed by atoms with E-state index in [4.69, 9.17) is 4.74 Å². The van der Waals surface area contributed by atoms with Gasteiger partial charge in [-0.2, -0.15) is 0 Å². The lowest BCUT2D eigenvalue weighted by Crippen LogP contribution is -2.23. The van der Waals surface area contributed by atoms with Crippen molar-refractivity contribution in [2.45, 2.75) is 23.8 Å². The fraction of sp³-hybridized carbons (Fsp3) is 0.192. The fourth-order valence-corrected chi connectivity index (χ4v) is 5.84. The summed E-state index contributed by atoms with van der Waals surface area (Å²) in [7, 11) is -3.90. The van der Waals surface area contributed by atoms with Gasteiger partial charge >= 0.3 is 0 Å². The number of hydrogen-bond donors (Lipinski definition) is 1. The minimum absolute atomic E-state index is 0.00122. The molecular formula is C26H23FN2O4S. The van der Waals surface area contributed by atoms with Crippen molar-refractivity contribution in [3.63, 3.8) is 0 Å².